The zero-order valence-electron chi connectivity index (χ0n) is 22.4. The summed E-state index contributed by atoms with van der Waals surface area (Å²) in [5, 5.41) is 15.5. The molecule has 9 heteroatoms. The summed E-state index contributed by atoms with van der Waals surface area (Å²) in [6, 6.07) is 22.4. The van der Waals surface area contributed by atoms with Gasteiger partial charge in [0.15, 0.2) is 0 Å². The fourth-order valence-corrected chi connectivity index (χ4v) is 4.80. The number of hydrogen-bond donors (Lipinski definition) is 1. The Morgan fingerprint density at radius 3 is 2.51 bits per heavy atom. The largest absolute Gasteiger partial charge is 0.461 e. The van der Waals surface area contributed by atoms with Crippen LogP contribution in [-0.4, -0.2) is 43.2 Å². The Morgan fingerprint density at radius 2 is 1.82 bits per heavy atom. The van der Waals surface area contributed by atoms with Gasteiger partial charge in [0.05, 0.1) is 12.1 Å². The third-order valence-electron chi connectivity index (χ3n) is 6.68. The Labute approximate surface area is 226 Å². The van der Waals surface area contributed by atoms with Crippen molar-refractivity contribution in [2.24, 2.45) is 4.99 Å². The number of ether oxygens (including phenoxy) is 1. The maximum atomic E-state index is 11.5. The van der Waals surface area contributed by atoms with Gasteiger partial charge >= 0.3 is 5.97 Å². The van der Waals surface area contributed by atoms with Crippen molar-refractivity contribution in [3.63, 3.8) is 0 Å². The number of hydrogen-bond acceptors (Lipinski definition) is 7. The van der Waals surface area contributed by atoms with E-state index >= 15 is 0 Å². The molecule has 0 aliphatic heterocycles. The number of nitrogens with one attached hydrogen (secondary N) is 1. The number of aryl methyl sites for hydroxylation is 1. The highest BCUT2D eigenvalue weighted by Gasteiger charge is 2.15. The van der Waals surface area contributed by atoms with Crippen LogP contribution >= 0.6 is 0 Å². The van der Waals surface area contributed by atoms with E-state index in [2.05, 4.69) is 62.4 Å². The number of fused-ring (bicyclic) bond motifs is 1. The van der Waals surface area contributed by atoms with Crippen molar-refractivity contribution in [3.05, 3.63) is 89.2 Å². The Balaban J connectivity index is 1.55. The van der Waals surface area contributed by atoms with Gasteiger partial charge in [0.2, 0.25) is 5.82 Å². The molecule has 39 heavy (non-hydrogen) atoms. The zero-order valence-corrected chi connectivity index (χ0v) is 22.4. The second-order valence-electron chi connectivity index (χ2n) is 9.33. The molecular formula is C30H31N7O2. The highest BCUT2D eigenvalue weighted by molar-refractivity contribution is 5.82. The van der Waals surface area contributed by atoms with Crippen molar-refractivity contribution in [1.29, 1.82) is 0 Å². The Kier molecular flexibility index (Phi) is 7.86. The summed E-state index contributed by atoms with van der Waals surface area (Å²) in [6.07, 6.45) is 2.94. The van der Waals surface area contributed by atoms with Gasteiger partial charge in [0, 0.05) is 36.9 Å². The predicted octanol–water partition coefficient (Wildman–Crippen LogP) is 4.87. The van der Waals surface area contributed by atoms with Crippen LogP contribution in [0, 0.1) is 0 Å². The lowest BCUT2D eigenvalue weighted by molar-refractivity contribution is -0.142. The van der Waals surface area contributed by atoms with Gasteiger partial charge in [0.25, 0.3) is 0 Å². The third kappa shape index (κ3) is 5.62. The number of tetrazole rings is 1. The maximum absolute atomic E-state index is 11.5. The second-order valence-corrected chi connectivity index (χ2v) is 9.33. The molecule has 0 radical (unpaired) electrons. The first kappa shape index (κ1) is 26.0. The highest BCUT2D eigenvalue weighted by Crippen LogP contribution is 2.30. The molecule has 5 aromatic rings. The standard InChI is InChI=1S/C30H31N7O2/c1-4-5-13-27-32-26-12-8-9-23(19-39-20(2)38)28(26)30(31-3)37(27)18-21-14-16-22(17-15-21)24-10-6-7-11-25(24)29-33-35-36-34-29/h6-12,14-17H,4-5,13,18-19H2,1-3H3,(H,33,34,35,36). The van der Waals surface area contributed by atoms with Crippen molar-refractivity contribution >= 4 is 16.9 Å². The van der Waals surface area contributed by atoms with Gasteiger partial charge in [-0.05, 0) is 34.4 Å². The van der Waals surface area contributed by atoms with Crippen LogP contribution in [0.2, 0.25) is 0 Å². The summed E-state index contributed by atoms with van der Waals surface area (Å²) >= 11 is 0. The molecule has 0 saturated heterocycles. The van der Waals surface area contributed by atoms with Crippen LogP contribution in [0.3, 0.4) is 0 Å². The molecule has 0 spiro atoms. The normalized spacial score (nSPS) is 11.7. The third-order valence-corrected chi connectivity index (χ3v) is 6.68. The minimum atomic E-state index is -0.316. The van der Waals surface area contributed by atoms with E-state index in [0.29, 0.717) is 12.4 Å². The van der Waals surface area contributed by atoms with Gasteiger partial charge in [-0.1, -0.05) is 74.0 Å². The summed E-state index contributed by atoms with van der Waals surface area (Å²) in [6.45, 7) is 4.39. The molecule has 5 rings (SSSR count). The molecule has 0 aliphatic rings. The average Bonchev–Trinajstić information content (AvgIpc) is 3.50. The number of aromatic nitrogens is 6. The number of esters is 1. The Hall–Kier alpha value is -4.66. The summed E-state index contributed by atoms with van der Waals surface area (Å²) in [5.74, 6) is 1.23. The molecule has 3 aromatic carbocycles. The first-order valence-electron chi connectivity index (χ1n) is 13.1. The van der Waals surface area contributed by atoms with E-state index in [1.165, 1.54) is 6.92 Å². The second kappa shape index (κ2) is 11.8. The van der Waals surface area contributed by atoms with Crippen LogP contribution in [0.4, 0.5) is 0 Å². The van der Waals surface area contributed by atoms with E-state index in [1.807, 2.05) is 36.4 Å². The molecule has 9 nitrogen and oxygen atoms in total. The fourth-order valence-electron chi connectivity index (χ4n) is 4.80. The quantitative estimate of drug-likeness (QED) is 0.277. The first-order valence-corrected chi connectivity index (χ1v) is 13.1. The number of H-pyrrole nitrogens is 1. The SMILES string of the molecule is CCCCc1nc2cccc(COC(C)=O)c2c(=NC)n1Cc1ccc(-c2ccccc2-c2nn[nH]n2)cc1. The molecule has 0 bridgehead atoms. The fraction of sp³-hybridized carbons (Fsp3) is 0.267. The molecule has 198 valence electrons. The molecule has 0 amide bonds. The number of nitrogens with zero attached hydrogens (tertiary/aromatic N) is 6. The minimum Gasteiger partial charge on any atom is -0.461 e. The zero-order chi connectivity index (χ0) is 27.2. The lowest BCUT2D eigenvalue weighted by atomic mass is 9.98. The maximum Gasteiger partial charge on any atom is 0.302 e. The first-order chi connectivity index (χ1) is 19.1. The van der Waals surface area contributed by atoms with Crippen LogP contribution in [-0.2, 0) is 29.1 Å². The Morgan fingerprint density at radius 1 is 1.03 bits per heavy atom. The molecule has 1 N–H and O–H groups in total. The predicted molar refractivity (Wildman–Crippen MR) is 149 cm³/mol. The van der Waals surface area contributed by atoms with Gasteiger partial charge < -0.3 is 9.30 Å². The van der Waals surface area contributed by atoms with Crippen molar-refractivity contribution in [2.75, 3.05) is 7.05 Å². The lowest BCUT2D eigenvalue weighted by Crippen LogP contribution is -2.28. The van der Waals surface area contributed by atoms with Gasteiger partial charge in [-0.25, -0.2) is 4.98 Å². The van der Waals surface area contributed by atoms with E-state index in [0.717, 1.165) is 69.3 Å². The van der Waals surface area contributed by atoms with Crippen LogP contribution in [0.15, 0.2) is 71.7 Å². The van der Waals surface area contributed by atoms with E-state index in [4.69, 9.17) is 14.7 Å². The summed E-state index contributed by atoms with van der Waals surface area (Å²) in [5.41, 5.74) is 6.73. The van der Waals surface area contributed by atoms with Gasteiger partial charge in [-0.2, -0.15) is 5.21 Å². The number of aromatic amines is 1. The van der Waals surface area contributed by atoms with Gasteiger partial charge in [-0.3, -0.25) is 9.79 Å². The highest BCUT2D eigenvalue weighted by atomic mass is 16.5. The number of unbranched alkanes of at least 4 members (excludes halogenated alkanes) is 1. The van der Waals surface area contributed by atoms with Crippen LogP contribution < -0.4 is 5.49 Å². The summed E-state index contributed by atoms with van der Waals surface area (Å²) in [7, 11) is 1.80. The smallest absolute Gasteiger partial charge is 0.302 e. The molecule has 2 aromatic heterocycles. The van der Waals surface area contributed by atoms with Crippen molar-refractivity contribution in [1.82, 2.24) is 30.2 Å². The van der Waals surface area contributed by atoms with E-state index in [-0.39, 0.29) is 12.6 Å². The molecule has 0 saturated carbocycles. The van der Waals surface area contributed by atoms with Crippen LogP contribution in [0.5, 0.6) is 0 Å². The minimum absolute atomic E-state index is 0.180. The monoisotopic (exact) mass is 521 g/mol. The molecule has 0 atom stereocenters. The van der Waals surface area contributed by atoms with E-state index in [1.54, 1.807) is 7.05 Å². The van der Waals surface area contributed by atoms with Crippen LogP contribution in [0.1, 0.15) is 43.6 Å². The topological polar surface area (TPSA) is 111 Å². The van der Waals surface area contributed by atoms with Crippen molar-refractivity contribution in [2.45, 2.75) is 46.3 Å². The molecule has 0 unspecified atom stereocenters. The molecule has 0 fully saturated rings. The summed E-state index contributed by atoms with van der Waals surface area (Å²) < 4.78 is 7.54. The molecular weight excluding hydrogens is 490 g/mol. The average molecular weight is 522 g/mol. The number of carbonyl (C=O) groups is 1. The molecule has 2 heterocycles. The number of benzene rings is 3. The Bertz CT molecular complexity index is 1660. The summed E-state index contributed by atoms with van der Waals surface area (Å²) in [4.78, 5) is 21.3. The van der Waals surface area contributed by atoms with Gasteiger partial charge in [-0.15, -0.1) is 10.2 Å². The van der Waals surface area contributed by atoms with E-state index < -0.39 is 0 Å². The van der Waals surface area contributed by atoms with E-state index in [9.17, 15) is 4.79 Å². The van der Waals surface area contributed by atoms with Crippen LogP contribution in [0.25, 0.3) is 33.4 Å². The lowest BCUT2D eigenvalue weighted by Gasteiger charge is -2.18. The van der Waals surface area contributed by atoms with Crippen molar-refractivity contribution in [3.8, 4) is 22.5 Å². The van der Waals surface area contributed by atoms with Gasteiger partial charge in [0.1, 0.15) is 17.9 Å². The molecule has 0 aliphatic carbocycles. The number of carbonyl (C=O) groups excluding carboxylic acids is 1. The van der Waals surface area contributed by atoms with Crippen molar-refractivity contribution < 1.29 is 9.53 Å². The number of rotatable bonds is 9.